The first-order chi connectivity index (χ1) is 8.97. The average Bonchev–Trinajstić information content (AvgIpc) is 2.90. The van der Waals surface area contributed by atoms with E-state index in [0.29, 0.717) is 5.69 Å². The number of urea groups is 1. The van der Waals surface area contributed by atoms with E-state index in [9.17, 15) is 4.79 Å². The number of hydrogen-bond acceptors (Lipinski definition) is 3. The number of nitrogens with zero attached hydrogens (tertiary/aromatic N) is 1. The molecule has 2 heterocycles. The maximum atomic E-state index is 11.9. The van der Waals surface area contributed by atoms with Gasteiger partial charge >= 0.3 is 6.03 Å². The van der Waals surface area contributed by atoms with Crippen LogP contribution in [0.3, 0.4) is 0 Å². The minimum absolute atomic E-state index is 0.193. The lowest BCUT2D eigenvalue weighted by molar-refractivity contribution is 0.247. The van der Waals surface area contributed by atoms with Gasteiger partial charge in [-0.15, -0.1) is 0 Å². The number of H-pyrrole nitrogens is 1. The second-order valence-corrected chi connectivity index (χ2v) is 4.58. The molecule has 0 aromatic carbocycles. The highest BCUT2D eigenvalue weighted by molar-refractivity contribution is 5.90. The smallest absolute Gasteiger partial charge is 0.319 e. The first-order valence-corrected chi connectivity index (χ1v) is 6.12. The van der Waals surface area contributed by atoms with Crippen molar-refractivity contribution >= 4 is 11.7 Å². The molecule has 2 aromatic heterocycles. The van der Waals surface area contributed by atoms with Crippen LogP contribution in [-0.2, 0) is 0 Å². The standard InChI is InChI=1S/C13H18N4O2/c1-7-5-6-11(19-7)8(2)14-13(18)15-12-9(3)16-17-10(12)4/h5-6,8H,1-4H3,(H,16,17)(H2,14,15,18)/t8-/m0/s1. The third-order valence-electron chi connectivity index (χ3n) is 2.90. The Morgan fingerprint density at radius 2 is 2.11 bits per heavy atom. The van der Waals surface area contributed by atoms with Crippen LogP contribution in [0.1, 0.15) is 35.9 Å². The lowest BCUT2D eigenvalue weighted by Gasteiger charge is -2.12. The Bertz CT molecular complexity index is 566. The first kappa shape index (κ1) is 13.2. The van der Waals surface area contributed by atoms with Gasteiger partial charge in [-0.05, 0) is 39.8 Å². The number of rotatable bonds is 3. The second kappa shape index (κ2) is 5.17. The van der Waals surface area contributed by atoms with Crippen LogP contribution in [0.25, 0.3) is 0 Å². The van der Waals surface area contributed by atoms with Crippen LogP contribution in [0.5, 0.6) is 0 Å². The molecule has 0 saturated heterocycles. The molecule has 0 radical (unpaired) electrons. The lowest BCUT2D eigenvalue weighted by Crippen LogP contribution is -2.31. The zero-order valence-corrected chi connectivity index (χ0v) is 11.5. The van der Waals surface area contributed by atoms with Gasteiger partial charge in [0.2, 0.25) is 0 Å². The van der Waals surface area contributed by atoms with Crippen molar-refractivity contribution in [2.45, 2.75) is 33.7 Å². The summed E-state index contributed by atoms with van der Waals surface area (Å²) in [7, 11) is 0. The fourth-order valence-electron chi connectivity index (χ4n) is 1.84. The Kier molecular flexibility index (Phi) is 3.59. The monoisotopic (exact) mass is 262 g/mol. The number of carbonyl (C=O) groups excluding carboxylic acids is 1. The van der Waals surface area contributed by atoms with Crippen molar-refractivity contribution in [3.8, 4) is 0 Å². The summed E-state index contributed by atoms with van der Waals surface area (Å²) in [5.74, 6) is 1.55. The number of nitrogens with one attached hydrogen (secondary N) is 3. The lowest BCUT2D eigenvalue weighted by atomic mass is 10.2. The molecule has 0 saturated carbocycles. The highest BCUT2D eigenvalue weighted by Gasteiger charge is 2.15. The molecule has 1 atom stereocenters. The van der Waals surface area contributed by atoms with E-state index in [1.54, 1.807) is 0 Å². The summed E-state index contributed by atoms with van der Waals surface area (Å²) in [6.45, 7) is 7.43. The molecule has 6 heteroatoms. The normalized spacial score (nSPS) is 12.2. The molecule has 0 aliphatic heterocycles. The summed E-state index contributed by atoms with van der Waals surface area (Å²) in [6.07, 6.45) is 0. The van der Waals surface area contributed by atoms with Gasteiger partial charge in [0.05, 0.1) is 23.1 Å². The van der Waals surface area contributed by atoms with Crippen LogP contribution < -0.4 is 10.6 Å². The van der Waals surface area contributed by atoms with E-state index in [4.69, 9.17) is 4.42 Å². The van der Waals surface area contributed by atoms with Gasteiger partial charge in [0.1, 0.15) is 11.5 Å². The summed E-state index contributed by atoms with van der Waals surface area (Å²) in [4.78, 5) is 11.9. The number of aryl methyl sites for hydroxylation is 3. The van der Waals surface area contributed by atoms with E-state index in [1.165, 1.54) is 0 Å². The molecule has 0 aliphatic rings. The summed E-state index contributed by atoms with van der Waals surface area (Å²) in [6, 6.07) is 3.25. The molecule has 2 aromatic rings. The van der Waals surface area contributed by atoms with Gasteiger partial charge in [0, 0.05) is 0 Å². The van der Waals surface area contributed by atoms with E-state index in [2.05, 4.69) is 20.8 Å². The molecule has 2 rings (SSSR count). The van der Waals surface area contributed by atoms with Crippen LogP contribution in [0.4, 0.5) is 10.5 Å². The van der Waals surface area contributed by atoms with Crippen molar-refractivity contribution in [3.63, 3.8) is 0 Å². The summed E-state index contributed by atoms with van der Waals surface area (Å²) >= 11 is 0. The maximum Gasteiger partial charge on any atom is 0.319 e. The van der Waals surface area contributed by atoms with Gasteiger partial charge in [0.15, 0.2) is 0 Å². The van der Waals surface area contributed by atoms with E-state index < -0.39 is 0 Å². The van der Waals surface area contributed by atoms with Gasteiger partial charge in [-0.25, -0.2) is 4.79 Å². The number of aromatic amines is 1. The Hall–Kier alpha value is -2.24. The van der Waals surface area contributed by atoms with Gasteiger partial charge in [-0.2, -0.15) is 5.10 Å². The molecule has 102 valence electrons. The van der Waals surface area contributed by atoms with Gasteiger partial charge in [-0.3, -0.25) is 5.10 Å². The molecule has 2 amide bonds. The second-order valence-electron chi connectivity index (χ2n) is 4.58. The van der Waals surface area contributed by atoms with Crippen molar-refractivity contribution in [3.05, 3.63) is 35.0 Å². The molecule has 3 N–H and O–H groups in total. The number of hydrogen-bond donors (Lipinski definition) is 3. The molecule has 0 fully saturated rings. The zero-order valence-electron chi connectivity index (χ0n) is 11.5. The summed E-state index contributed by atoms with van der Waals surface area (Å²) in [5.41, 5.74) is 2.30. The Morgan fingerprint density at radius 1 is 1.37 bits per heavy atom. The average molecular weight is 262 g/mol. The maximum absolute atomic E-state index is 11.9. The predicted octanol–water partition coefficient (Wildman–Crippen LogP) is 2.81. The number of aromatic nitrogens is 2. The van der Waals surface area contributed by atoms with Crippen LogP contribution in [0.2, 0.25) is 0 Å². The van der Waals surface area contributed by atoms with Crippen molar-refractivity contribution in [1.29, 1.82) is 0 Å². The molecule has 0 unspecified atom stereocenters. The molecular formula is C13H18N4O2. The predicted molar refractivity (Wildman–Crippen MR) is 72.1 cm³/mol. The molecule has 0 aliphatic carbocycles. The van der Waals surface area contributed by atoms with Crippen LogP contribution in [0, 0.1) is 20.8 Å². The van der Waals surface area contributed by atoms with E-state index in [0.717, 1.165) is 22.9 Å². The Balaban J connectivity index is 1.98. The van der Waals surface area contributed by atoms with Gasteiger partial charge in [0.25, 0.3) is 0 Å². The van der Waals surface area contributed by atoms with Crippen LogP contribution >= 0.6 is 0 Å². The van der Waals surface area contributed by atoms with Crippen molar-refractivity contribution in [2.24, 2.45) is 0 Å². The van der Waals surface area contributed by atoms with Crippen LogP contribution in [-0.4, -0.2) is 16.2 Å². The largest absolute Gasteiger partial charge is 0.464 e. The molecule has 19 heavy (non-hydrogen) atoms. The summed E-state index contributed by atoms with van der Waals surface area (Å²) < 4.78 is 5.47. The third kappa shape index (κ3) is 2.96. The highest BCUT2D eigenvalue weighted by Crippen LogP contribution is 2.18. The minimum Gasteiger partial charge on any atom is -0.464 e. The SMILES string of the molecule is Cc1ccc([C@H](C)NC(=O)Nc2c(C)n[nH]c2C)o1. The fourth-order valence-corrected chi connectivity index (χ4v) is 1.84. The zero-order chi connectivity index (χ0) is 14.0. The third-order valence-corrected chi connectivity index (χ3v) is 2.90. The van der Waals surface area contributed by atoms with Crippen molar-refractivity contribution in [2.75, 3.05) is 5.32 Å². The van der Waals surface area contributed by atoms with Crippen molar-refractivity contribution in [1.82, 2.24) is 15.5 Å². The van der Waals surface area contributed by atoms with Crippen molar-refractivity contribution < 1.29 is 9.21 Å². The molecule has 6 nitrogen and oxygen atoms in total. The van der Waals surface area contributed by atoms with Gasteiger partial charge < -0.3 is 15.1 Å². The highest BCUT2D eigenvalue weighted by atomic mass is 16.3. The van der Waals surface area contributed by atoms with E-state index in [-0.39, 0.29) is 12.1 Å². The summed E-state index contributed by atoms with van der Waals surface area (Å²) in [5, 5.41) is 12.4. The number of furan rings is 1. The minimum atomic E-state index is -0.283. The van der Waals surface area contributed by atoms with Crippen LogP contribution in [0.15, 0.2) is 16.5 Å². The first-order valence-electron chi connectivity index (χ1n) is 6.12. The molecular weight excluding hydrogens is 244 g/mol. The van der Waals surface area contributed by atoms with E-state index >= 15 is 0 Å². The van der Waals surface area contributed by atoms with Gasteiger partial charge in [-0.1, -0.05) is 0 Å². The number of anilines is 1. The topological polar surface area (TPSA) is 83.0 Å². The molecule has 0 spiro atoms. The Morgan fingerprint density at radius 3 is 2.63 bits per heavy atom. The Labute approximate surface area is 111 Å². The number of amides is 2. The quantitative estimate of drug-likeness (QED) is 0.795. The fraction of sp³-hybridized carbons (Fsp3) is 0.385. The van der Waals surface area contributed by atoms with E-state index in [1.807, 2.05) is 39.8 Å². The molecule has 0 bridgehead atoms. The number of carbonyl (C=O) groups is 1.